The van der Waals surface area contributed by atoms with Crippen molar-refractivity contribution in [1.82, 2.24) is 5.32 Å². The third-order valence-corrected chi connectivity index (χ3v) is 3.83. The van der Waals surface area contributed by atoms with Crippen molar-refractivity contribution in [3.63, 3.8) is 0 Å². The number of rotatable bonds is 3. The van der Waals surface area contributed by atoms with E-state index in [-0.39, 0.29) is 11.7 Å². The highest BCUT2D eigenvalue weighted by Gasteiger charge is 2.39. The zero-order valence-electron chi connectivity index (χ0n) is 10.3. The number of aliphatic hydroxyl groups is 1. The molecule has 0 heterocycles. The van der Waals surface area contributed by atoms with Crippen molar-refractivity contribution in [1.29, 1.82) is 0 Å². The second-order valence-electron chi connectivity index (χ2n) is 4.97. The summed E-state index contributed by atoms with van der Waals surface area (Å²) in [6, 6.07) is 7.04. The predicted molar refractivity (Wildman–Crippen MR) is 67.9 cm³/mol. The van der Waals surface area contributed by atoms with Crippen molar-refractivity contribution in [3.05, 3.63) is 29.8 Å². The van der Waals surface area contributed by atoms with Crippen LogP contribution < -0.4 is 5.32 Å². The molecule has 0 aliphatic heterocycles. The standard InChI is InChI=1S/C14H21NO2/c1-15-10-12-5-2-3-8-14(12,17)11-6-4-7-13(16)9-11/h4,6-7,9,12,15-17H,2-3,5,8,10H2,1H3/t12-,14?/m0/s1. The van der Waals surface area contributed by atoms with Gasteiger partial charge in [0.2, 0.25) is 0 Å². The van der Waals surface area contributed by atoms with E-state index in [2.05, 4.69) is 5.32 Å². The van der Waals surface area contributed by atoms with Gasteiger partial charge in [-0.15, -0.1) is 0 Å². The minimum absolute atomic E-state index is 0.225. The molecule has 1 aliphatic carbocycles. The number of phenolic OH excluding ortho intramolecular Hbond substituents is 1. The van der Waals surface area contributed by atoms with Gasteiger partial charge in [-0.05, 0) is 37.6 Å². The third kappa shape index (κ3) is 2.45. The van der Waals surface area contributed by atoms with Gasteiger partial charge in [0.15, 0.2) is 0 Å². The summed E-state index contributed by atoms with van der Waals surface area (Å²) in [4.78, 5) is 0. The molecular weight excluding hydrogens is 214 g/mol. The van der Waals surface area contributed by atoms with Crippen molar-refractivity contribution in [2.45, 2.75) is 31.3 Å². The smallest absolute Gasteiger partial charge is 0.115 e. The lowest BCUT2D eigenvalue weighted by atomic mass is 9.71. The van der Waals surface area contributed by atoms with Crippen molar-refractivity contribution in [2.24, 2.45) is 5.92 Å². The molecule has 0 saturated heterocycles. The molecule has 0 amide bonds. The average Bonchev–Trinajstić information content (AvgIpc) is 2.32. The highest BCUT2D eigenvalue weighted by atomic mass is 16.3. The highest BCUT2D eigenvalue weighted by molar-refractivity contribution is 5.32. The normalized spacial score (nSPS) is 29.2. The highest BCUT2D eigenvalue weighted by Crippen LogP contribution is 2.42. The molecule has 2 rings (SSSR count). The summed E-state index contributed by atoms with van der Waals surface area (Å²) in [5.74, 6) is 0.452. The molecule has 3 N–H and O–H groups in total. The first-order valence-corrected chi connectivity index (χ1v) is 6.33. The van der Waals surface area contributed by atoms with Crippen LogP contribution in [0.1, 0.15) is 31.2 Å². The number of nitrogens with one attached hydrogen (secondary N) is 1. The van der Waals surface area contributed by atoms with E-state index in [1.165, 1.54) is 6.42 Å². The van der Waals surface area contributed by atoms with Gasteiger partial charge in [-0.25, -0.2) is 0 Å². The molecule has 0 bridgehead atoms. The lowest BCUT2D eigenvalue weighted by Gasteiger charge is -2.40. The Kier molecular flexibility index (Phi) is 3.69. The maximum atomic E-state index is 10.9. The van der Waals surface area contributed by atoms with Crippen LogP contribution in [0, 0.1) is 5.92 Å². The molecular formula is C14H21NO2. The van der Waals surface area contributed by atoms with E-state index in [0.29, 0.717) is 0 Å². The molecule has 3 nitrogen and oxygen atoms in total. The van der Waals surface area contributed by atoms with Crippen molar-refractivity contribution in [3.8, 4) is 5.75 Å². The maximum absolute atomic E-state index is 10.9. The van der Waals surface area contributed by atoms with Gasteiger partial charge in [0.05, 0.1) is 5.60 Å². The van der Waals surface area contributed by atoms with Crippen LogP contribution in [0.25, 0.3) is 0 Å². The van der Waals surface area contributed by atoms with Crippen LogP contribution in [-0.4, -0.2) is 23.8 Å². The van der Waals surface area contributed by atoms with Crippen LogP contribution in [-0.2, 0) is 5.60 Å². The molecule has 0 aromatic heterocycles. The van der Waals surface area contributed by atoms with E-state index < -0.39 is 5.60 Å². The van der Waals surface area contributed by atoms with Gasteiger partial charge in [0.25, 0.3) is 0 Å². The number of benzene rings is 1. The lowest BCUT2D eigenvalue weighted by Crippen LogP contribution is -2.42. The molecule has 3 heteroatoms. The van der Waals surface area contributed by atoms with Crippen LogP contribution in [0.4, 0.5) is 0 Å². The summed E-state index contributed by atoms with van der Waals surface area (Å²) in [6.45, 7) is 0.812. The second kappa shape index (κ2) is 5.07. The lowest BCUT2D eigenvalue weighted by molar-refractivity contribution is -0.0531. The predicted octanol–water partition coefficient (Wildman–Crippen LogP) is 1.99. The summed E-state index contributed by atoms with van der Waals surface area (Å²) in [5, 5.41) is 23.6. The van der Waals surface area contributed by atoms with Gasteiger partial charge in [-0.1, -0.05) is 25.0 Å². The Balaban J connectivity index is 2.30. The fraction of sp³-hybridized carbons (Fsp3) is 0.571. The number of hydrogen-bond donors (Lipinski definition) is 3. The summed E-state index contributed by atoms with van der Waals surface area (Å²) >= 11 is 0. The molecule has 2 atom stereocenters. The van der Waals surface area contributed by atoms with E-state index in [1.807, 2.05) is 13.1 Å². The van der Waals surface area contributed by atoms with Crippen LogP contribution in [0.2, 0.25) is 0 Å². The molecule has 1 unspecified atom stereocenters. The van der Waals surface area contributed by atoms with E-state index in [4.69, 9.17) is 0 Å². The van der Waals surface area contributed by atoms with E-state index >= 15 is 0 Å². The van der Waals surface area contributed by atoms with E-state index in [0.717, 1.165) is 31.4 Å². The Bertz CT molecular complexity index is 378. The Morgan fingerprint density at radius 3 is 2.94 bits per heavy atom. The van der Waals surface area contributed by atoms with Gasteiger partial charge in [-0.3, -0.25) is 0 Å². The van der Waals surface area contributed by atoms with E-state index in [1.54, 1.807) is 18.2 Å². The summed E-state index contributed by atoms with van der Waals surface area (Å²) in [6.07, 6.45) is 4.04. The largest absolute Gasteiger partial charge is 0.508 e. The first-order valence-electron chi connectivity index (χ1n) is 6.33. The van der Waals surface area contributed by atoms with E-state index in [9.17, 15) is 10.2 Å². The monoisotopic (exact) mass is 235 g/mol. The van der Waals surface area contributed by atoms with Gasteiger partial charge in [0.1, 0.15) is 5.75 Å². The Morgan fingerprint density at radius 2 is 2.24 bits per heavy atom. The number of phenols is 1. The van der Waals surface area contributed by atoms with Gasteiger partial charge in [-0.2, -0.15) is 0 Å². The molecule has 1 aliphatic rings. The number of aromatic hydroxyl groups is 1. The second-order valence-corrected chi connectivity index (χ2v) is 4.97. The fourth-order valence-corrected chi connectivity index (χ4v) is 2.90. The summed E-state index contributed by atoms with van der Waals surface area (Å²) in [7, 11) is 1.91. The third-order valence-electron chi connectivity index (χ3n) is 3.83. The number of hydrogen-bond acceptors (Lipinski definition) is 3. The first-order chi connectivity index (χ1) is 8.16. The fourth-order valence-electron chi connectivity index (χ4n) is 2.90. The molecule has 0 spiro atoms. The van der Waals surface area contributed by atoms with Gasteiger partial charge >= 0.3 is 0 Å². The average molecular weight is 235 g/mol. The zero-order valence-corrected chi connectivity index (χ0v) is 10.3. The zero-order chi connectivity index (χ0) is 12.3. The quantitative estimate of drug-likeness (QED) is 0.751. The first kappa shape index (κ1) is 12.4. The van der Waals surface area contributed by atoms with Crippen LogP contribution in [0.15, 0.2) is 24.3 Å². The topological polar surface area (TPSA) is 52.5 Å². The Labute approximate surface area is 102 Å². The molecule has 1 saturated carbocycles. The van der Waals surface area contributed by atoms with Crippen LogP contribution in [0.5, 0.6) is 5.75 Å². The van der Waals surface area contributed by atoms with Gasteiger partial charge in [0, 0.05) is 12.5 Å². The Hall–Kier alpha value is -1.06. The SMILES string of the molecule is CNC[C@@H]1CCCCC1(O)c1cccc(O)c1. The molecule has 0 radical (unpaired) electrons. The van der Waals surface area contributed by atoms with Crippen molar-refractivity contribution < 1.29 is 10.2 Å². The molecule has 94 valence electrons. The van der Waals surface area contributed by atoms with Crippen molar-refractivity contribution in [2.75, 3.05) is 13.6 Å². The maximum Gasteiger partial charge on any atom is 0.115 e. The molecule has 1 aromatic carbocycles. The summed E-state index contributed by atoms with van der Waals surface area (Å²) in [5.41, 5.74) is 0.0532. The van der Waals surface area contributed by atoms with Gasteiger partial charge < -0.3 is 15.5 Å². The van der Waals surface area contributed by atoms with Crippen LogP contribution in [0.3, 0.4) is 0 Å². The molecule has 1 aromatic rings. The van der Waals surface area contributed by atoms with Crippen LogP contribution >= 0.6 is 0 Å². The molecule has 17 heavy (non-hydrogen) atoms. The molecule has 1 fully saturated rings. The Morgan fingerprint density at radius 1 is 1.41 bits per heavy atom. The van der Waals surface area contributed by atoms with Crippen molar-refractivity contribution >= 4 is 0 Å². The minimum Gasteiger partial charge on any atom is -0.508 e. The minimum atomic E-state index is -0.792. The summed E-state index contributed by atoms with van der Waals surface area (Å²) < 4.78 is 0.